The normalized spacial score (nSPS) is 10.5. The summed E-state index contributed by atoms with van der Waals surface area (Å²) < 4.78 is 0. The van der Waals surface area contributed by atoms with E-state index in [9.17, 15) is 0 Å². The van der Waals surface area contributed by atoms with Crippen LogP contribution in [0, 0.1) is 0 Å². The van der Waals surface area contributed by atoms with Crippen molar-refractivity contribution in [3.05, 3.63) is 24.3 Å². The molecule has 1 aromatic heterocycles. The standard InChI is InChI=1S/C13H18N4/c1-4-9-17(3)12-10-7-5-6-8-11(10)15-13(14-2)16-12/h5-8H,4,9H2,1-3H3,(H,14,15,16). The molecule has 1 heterocycles. The van der Waals surface area contributed by atoms with Gasteiger partial charge in [0.05, 0.1) is 5.52 Å². The molecular weight excluding hydrogens is 212 g/mol. The molecule has 0 aliphatic heterocycles. The van der Waals surface area contributed by atoms with E-state index in [1.807, 2.05) is 25.2 Å². The van der Waals surface area contributed by atoms with Crippen LogP contribution in [0.5, 0.6) is 0 Å². The molecule has 0 saturated heterocycles. The van der Waals surface area contributed by atoms with E-state index in [0.717, 1.165) is 29.7 Å². The summed E-state index contributed by atoms with van der Waals surface area (Å²) in [7, 11) is 3.91. The summed E-state index contributed by atoms with van der Waals surface area (Å²) in [5.74, 6) is 1.66. The highest BCUT2D eigenvalue weighted by atomic mass is 15.2. The Morgan fingerprint density at radius 1 is 1.24 bits per heavy atom. The number of nitrogens with one attached hydrogen (secondary N) is 1. The van der Waals surface area contributed by atoms with Gasteiger partial charge in [0.15, 0.2) is 0 Å². The molecule has 2 aromatic rings. The fourth-order valence-corrected chi connectivity index (χ4v) is 1.90. The molecule has 0 amide bonds. The minimum Gasteiger partial charge on any atom is -0.359 e. The summed E-state index contributed by atoms with van der Waals surface area (Å²) >= 11 is 0. The molecule has 0 saturated carbocycles. The van der Waals surface area contributed by atoms with Gasteiger partial charge in [0.2, 0.25) is 5.95 Å². The van der Waals surface area contributed by atoms with Crippen molar-refractivity contribution in [2.45, 2.75) is 13.3 Å². The van der Waals surface area contributed by atoms with Crippen LogP contribution in [0.15, 0.2) is 24.3 Å². The van der Waals surface area contributed by atoms with Crippen molar-refractivity contribution in [2.24, 2.45) is 0 Å². The Morgan fingerprint density at radius 2 is 2.00 bits per heavy atom. The van der Waals surface area contributed by atoms with E-state index in [1.54, 1.807) is 0 Å². The van der Waals surface area contributed by atoms with Crippen molar-refractivity contribution in [3.8, 4) is 0 Å². The summed E-state index contributed by atoms with van der Waals surface area (Å²) in [6, 6.07) is 8.10. The third-order valence-corrected chi connectivity index (χ3v) is 2.73. The molecule has 0 aliphatic carbocycles. The van der Waals surface area contributed by atoms with Crippen LogP contribution in [0.25, 0.3) is 10.9 Å². The minimum atomic E-state index is 0.668. The first kappa shape index (κ1) is 11.6. The molecule has 4 nitrogen and oxygen atoms in total. The van der Waals surface area contributed by atoms with Gasteiger partial charge in [-0.15, -0.1) is 0 Å². The number of anilines is 2. The van der Waals surface area contributed by atoms with E-state index in [1.165, 1.54) is 0 Å². The first-order chi connectivity index (χ1) is 8.26. The van der Waals surface area contributed by atoms with Gasteiger partial charge in [-0.1, -0.05) is 19.1 Å². The second-order valence-electron chi connectivity index (χ2n) is 4.06. The molecule has 0 radical (unpaired) electrons. The molecule has 0 fully saturated rings. The topological polar surface area (TPSA) is 41.1 Å². The third kappa shape index (κ3) is 2.30. The van der Waals surface area contributed by atoms with Crippen LogP contribution in [-0.2, 0) is 0 Å². The van der Waals surface area contributed by atoms with Crippen molar-refractivity contribution in [1.29, 1.82) is 0 Å². The quantitative estimate of drug-likeness (QED) is 0.876. The molecule has 90 valence electrons. The van der Waals surface area contributed by atoms with Crippen molar-refractivity contribution in [2.75, 3.05) is 30.9 Å². The van der Waals surface area contributed by atoms with Gasteiger partial charge in [0, 0.05) is 26.0 Å². The molecule has 4 heteroatoms. The molecule has 0 bridgehead atoms. The maximum absolute atomic E-state index is 4.54. The Labute approximate surface area is 102 Å². The van der Waals surface area contributed by atoms with Gasteiger partial charge in [-0.2, -0.15) is 4.98 Å². The second kappa shape index (κ2) is 4.99. The molecule has 0 unspecified atom stereocenters. The number of rotatable bonds is 4. The monoisotopic (exact) mass is 230 g/mol. The highest BCUT2D eigenvalue weighted by molar-refractivity contribution is 5.90. The molecule has 1 aromatic carbocycles. The largest absolute Gasteiger partial charge is 0.359 e. The van der Waals surface area contributed by atoms with Crippen molar-refractivity contribution < 1.29 is 0 Å². The van der Waals surface area contributed by atoms with Crippen molar-refractivity contribution in [3.63, 3.8) is 0 Å². The minimum absolute atomic E-state index is 0.668. The van der Waals surface area contributed by atoms with Gasteiger partial charge in [0.25, 0.3) is 0 Å². The van der Waals surface area contributed by atoms with Crippen LogP contribution >= 0.6 is 0 Å². The first-order valence-corrected chi connectivity index (χ1v) is 5.92. The number of benzene rings is 1. The van der Waals surface area contributed by atoms with E-state index in [0.29, 0.717) is 5.95 Å². The lowest BCUT2D eigenvalue weighted by Gasteiger charge is -2.19. The average molecular weight is 230 g/mol. The summed E-state index contributed by atoms with van der Waals surface area (Å²) in [5, 5.41) is 4.11. The van der Waals surface area contributed by atoms with Crippen LogP contribution in [0.3, 0.4) is 0 Å². The van der Waals surface area contributed by atoms with E-state index in [4.69, 9.17) is 0 Å². The van der Waals surface area contributed by atoms with Crippen molar-refractivity contribution in [1.82, 2.24) is 9.97 Å². The molecular formula is C13H18N4. The average Bonchev–Trinajstić information content (AvgIpc) is 2.37. The Hall–Kier alpha value is -1.84. The van der Waals surface area contributed by atoms with Gasteiger partial charge < -0.3 is 10.2 Å². The van der Waals surface area contributed by atoms with Crippen LogP contribution < -0.4 is 10.2 Å². The zero-order valence-electron chi connectivity index (χ0n) is 10.6. The van der Waals surface area contributed by atoms with Gasteiger partial charge >= 0.3 is 0 Å². The van der Waals surface area contributed by atoms with Crippen LogP contribution in [0.2, 0.25) is 0 Å². The van der Waals surface area contributed by atoms with E-state index < -0.39 is 0 Å². The second-order valence-corrected chi connectivity index (χ2v) is 4.06. The number of hydrogen-bond donors (Lipinski definition) is 1. The lowest BCUT2D eigenvalue weighted by atomic mass is 10.2. The zero-order valence-corrected chi connectivity index (χ0v) is 10.6. The van der Waals surface area contributed by atoms with Gasteiger partial charge in [0.1, 0.15) is 5.82 Å². The molecule has 0 spiro atoms. The Bertz CT molecular complexity index is 510. The Kier molecular flexibility index (Phi) is 3.42. The Balaban J connectivity index is 2.58. The van der Waals surface area contributed by atoms with Gasteiger partial charge in [-0.05, 0) is 18.6 Å². The highest BCUT2D eigenvalue weighted by Crippen LogP contribution is 2.24. The maximum atomic E-state index is 4.54. The molecule has 0 aliphatic rings. The van der Waals surface area contributed by atoms with Crippen LogP contribution in [0.4, 0.5) is 11.8 Å². The SMILES string of the molecule is CCCN(C)c1nc(NC)nc2ccccc12. The van der Waals surface area contributed by atoms with Crippen LogP contribution in [0.1, 0.15) is 13.3 Å². The highest BCUT2D eigenvalue weighted by Gasteiger charge is 2.09. The lowest BCUT2D eigenvalue weighted by molar-refractivity contribution is 0.840. The molecule has 1 N–H and O–H groups in total. The summed E-state index contributed by atoms with van der Waals surface area (Å²) in [6.45, 7) is 3.16. The predicted molar refractivity (Wildman–Crippen MR) is 72.6 cm³/mol. The number of nitrogens with zero attached hydrogens (tertiary/aromatic N) is 3. The summed E-state index contributed by atoms with van der Waals surface area (Å²) in [6.07, 6.45) is 1.10. The number of fused-ring (bicyclic) bond motifs is 1. The van der Waals surface area contributed by atoms with E-state index >= 15 is 0 Å². The fourth-order valence-electron chi connectivity index (χ4n) is 1.90. The summed E-state index contributed by atoms with van der Waals surface area (Å²) in [4.78, 5) is 11.2. The van der Waals surface area contributed by atoms with E-state index in [2.05, 4.69) is 40.2 Å². The Morgan fingerprint density at radius 3 is 2.71 bits per heavy atom. The molecule has 0 atom stereocenters. The van der Waals surface area contributed by atoms with Crippen molar-refractivity contribution >= 4 is 22.7 Å². The number of para-hydroxylation sites is 1. The number of aromatic nitrogens is 2. The summed E-state index contributed by atoms with van der Waals surface area (Å²) in [5.41, 5.74) is 0.977. The van der Waals surface area contributed by atoms with Gasteiger partial charge in [-0.25, -0.2) is 4.98 Å². The molecule has 2 rings (SSSR count). The zero-order chi connectivity index (χ0) is 12.3. The van der Waals surface area contributed by atoms with Gasteiger partial charge in [-0.3, -0.25) is 0 Å². The predicted octanol–water partition coefficient (Wildman–Crippen LogP) is 2.52. The van der Waals surface area contributed by atoms with Crippen LogP contribution in [-0.4, -0.2) is 30.6 Å². The number of hydrogen-bond acceptors (Lipinski definition) is 4. The smallest absolute Gasteiger partial charge is 0.224 e. The first-order valence-electron chi connectivity index (χ1n) is 5.92. The molecule has 17 heavy (non-hydrogen) atoms. The maximum Gasteiger partial charge on any atom is 0.224 e. The van der Waals surface area contributed by atoms with E-state index in [-0.39, 0.29) is 0 Å². The third-order valence-electron chi connectivity index (χ3n) is 2.73. The fraction of sp³-hybridized carbons (Fsp3) is 0.385. The lowest BCUT2D eigenvalue weighted by Crippen LogP contribution is -2.20.